The van der Waals surface area contributed by atoms with Crippen LogP contribution in [-0.2, 0) is 4.79 Å². The number of nitrogens with two attached hydrogens (primary N) is 1. The fraction of sp³-hybridized carbons (Fsp3) is 0.0625. The molecule has 1 amide bonds. The molecule has 3 aromatic rings. The van der Waals surface area contributed by atoms with Crippen LogP contribution in [0, 0.1) is 11.3 Å². The second-order valence-corrected chi connectivity index (χ2v) is 6.37. The first kappa shape index (κ1) is 17.0. The molecule has 0 saturated heterocycles. The lowest BCUT2D eigenvalue weighted by Gasteiger charge is -2.16. The third-order valence-electron chi connectivity index (χ3n) is 3.67. The molecule has 2 aromatic carbocycles. The number of hydrogen-bond acceptors (Lipinski definition) is 4. The first-order valence-corrected chi connectivity index (χ1v) is 8.00. The quantitative estimate of drug-likeness (QED) is 0.565. The molecule has 124 valence electrons. The maximum atomic E-state index is 13.8. The van der Waals surface area contributed by atoms with Gasteiger partial charge in [0.25, 0.3) is 5.91 Å². The number of nitriles is 1. The van der Waals surface area contributed by atoms with Gasteiger partial charge in [0.15, 0.2) is 13.0 Å². The van der Waals surface area contributed by atoms with E-state index in [1.54, 1.807) is 44.2 Å². The number of hydrogen-bond donors (Lipinski definition) is 1. The summed E-state index contributed by atoms with van der Waals surface area (Å²) in [5.74, 6) is -1.73. The van der Waals surface area contributed by atoms with Crippen LogP contribution in [-0.4, -0.2) is 28.6 Å². The van der Waals surface area contributed by atoms with Crippen LogP contribution in [0.5, 0.6) is 0 Å². The minimum Gasteiger partial charge on any atom is -0.364 e. The second-order valence-electron chi connectivity index (χ2n) is 5.29. The Labute approximate surface area is 146 Å². The molecule has 5 nitrogen and oxygen atoms in total. The summed E-state index contributed by atoms with van der Waals surface area (Å²) in [7, 11) is 1.71. The molecule has 0 radical (unpaired) electrons. The van der Waals surface area contributed by atoms with E-state index in [-0.39, 0.29) is 16.9 Å². The van der Waals surface area contributed by atoms with Crippen molar-refractivity contribution in [3.05, 3.63) is 48.2 Å². The normalized spacial score (nSPS) is 11.4. The SMILES string of the molecule is Bc1cnc(SC(F)(F)C(N)=O)n1-c1ccc(C#N)c2ccccc12. The van der Waals surface area contributed by atoms with E-state index >= 15 is 0 Å². The lowest BCUT2D eigenvalue weighted by molar-refractivity contribution is -0.131. The molecule has 2 N–H and O–H groups in total. The molecule has 0 unspecified atom stereocenters. The zero-order valence-corrected chi connectivity index (χ0v) is 13.8. The Morgan fingerprint density at radius 3 is 2.60 bits per heavy atom. The summed E-state index contributed by atoms with van der Waals surface area (Å²) in [4.78, 5) is 14.9. The molecule has 1 heterocycles. The van der Waals surface area contributed by atoms with Crippen LogP contribution >= 0.6 is 11.8 Å². The van der Waals surface area contributed by atoms with E-state index in [0.717, 1.165) is 0 Å². The third kappa shape index (κ3) is 2.96. The van der Waals surface area contributed by atoms with Crippen molar-refractivity contribution in [1.29, 1.82) is 5.26 Å². The number of rotatable bonds is 4. The number of thioether (sulfide) groups is 1. The van der Waals surface area contributed by atoms with Crippen LogP contribution in [0.1, 0.15) is 5.56 Å². The highest BCUT2D eigenvalue weighted by Crippen LogP contribution is 2.36. The van der Waals surface area contributed by atoms with Gasteiger partial charge in [-0.1, -0.05) is 24.3 Å². The zero-order valence-electron chi connectivity index (χ0n) is 13.0. The second kappa shape index (κ2) is 6.22. The summed E-state index contributed by atoms with van der Waals surface area (Å²) in [5.41, 5.74) is 6.44. The van der Waals surface area contributed by atoms with E-state index in [2.05, 4.69) is 11.1 Å². The van der Waals surface area contributed by atoms with E-state index in [0.29, 0.717) is 27.6 Å². The molecule has 25 heavy (non-hydrogen) atoms. The van der Waals surface area contributed by atoms with Gasteiger partial charge in [-0.05, 0) is 29.5 Å². The highest BCUT2D eigenvalue weighted by molar-refractivity contribution is 8.00. The fourth-order valence-electron chi connectivity index (χ4n) is 2.52. The predicted octanol–water partition coefficient (Wildman–Crippen LogP) is 1.33. The van der Waals surface area contributed by atoms with Gasteiger partial charge in [0, 0.05) is 17.0 Å². The van der Waals surface area contributed by atoms with Crippen molar-refractivity contribution < 1.29 is 13.6 Å². The molecule has 1 aromatic heterocycles. The van der Waals surface area contributed by atoms with Gasteiger partial charge in [0.1, 0.15) is 0 Å². The van der Waals surface area contributed by atoms with Gasteiger partial charge in [-0.2, -0.15) is 14.0 Å². The standard InChI is InChI=1S/C16H11BF2N4OS/c17-13-8-22-15(25-16(18,19)14(21)24)23(13)12-6-5-9(7-20)10-3-1-2-4-11(10)12/h1-6,8H,17H2,(H2,21,24). The number of amides is 1. The number of carbonyl (C=O) groups excluding carboxylic acids is 1. The van der Waals surface area contributed by atoms with Gasteiger partial charge >= 0.3 is 5.25 Å². The van der Waals surface area contributed by atoms with Crippen molar-refractivity contribution in [2.75, 3.05) is 0 Å². The molecule has 0 saturated carbocycles. The minimum absolute atomic E-state index is 0.00624. The highest BCUT2D eigenvalue weighted by Gasteiger charge is 2.40. The third-order valence-corrected chi connectivity index (χ3v) is 4.60. The van der Waals surface area contributed by atoms with Gasteiger partial charge < -0.3 is 10.3 Å². The van der Waals surface area contributed by atoms with Crippen molar-refractivity contribution in [3.63, 3.8) is 0 Å². The molecule has 0 bridgehead atoms. The zero-order chi connectivity index (χ0) is 18.2. The van der Waals surface area contributed by atoms with E-state index in [1.165, 1.54) is 10.8 Å². The van der Waals surface area contributed by atoms with Gasteiger partial charge in [-0.25, -0.2) is 4.98 Å². The minimum atomic E-state index is -3.78. The van der Waals surface area contributed by atoms with Crippen molar-refractivity contribution in [1.82, 2.24) is 9.55 Å². The summed E-state index contributed by atoms with van der Waals surface area (Å²) in [5, 5.41) is 6.83. The van der Waals surface area contributed by atoms with Crippen molar-refractivity contribution in [3.8, 4) is 11.8 Å². The van der Waals surface area contributed by atoms with Gasteiger partial charge in [0.05, 0.1) is 17.3 Å². The Morgan fingerprint density at radius 2 is 1.96 bits per heavy atom. The van der Waals surface area contributed by atoms with Crippen LogP contribution in [0.15, 0.2) is 47.8 Å². The van der Waals surface area contributed by atoms with Gasteiger partial charge in [-0.3, -0.25) is 4.79 Å². The maximum Gasteiger partial charge on any atom is 0.377 e. The van der Waals surface area contributed by atoms with Crippen molar-refractivity contribution in [2.24, 2.45) is 5.73 Å². The molecule has 0 spiro atoms. The topological polar surface area (TPSA) is 84.7 Å². The van der Waals surface area contributed by atoms with E-state index < -0.39 is 11.2 Å². The van der Waals surface area contributed by atoms with Crippen LogP contribution in [0.25, 0.3) is 16.5 Å². The predicted molar refractivity (Wildman–Crippen MR) is 94.0 cm³/mol. The number of alkyl halides is 2. The Hall–Kier alpha value is -2.86. The van der Waals surface area contributed by atoms with Crippen LogP contribution in [0.3, 0.4) is 0 Å². The van der Waals surface area contributed by atoms with Crippen LogP contribution < -0.4 is 11.3 Å². The number of nitrogens with zero attached hydrogens (tertiary/aromatic N) is 3. The first-order valence-electron chi connectivity index (χ1n) is 7.18. The fourth-order valence-corrected chi connectivity index (χ4v) is 3.29. The molecule has 0 aliphatic heterocycles. The molecule has 3 rings (SSSR count). The average Bonchev–Trinajstić information content (AvgIpc) is 2.93. The van der Waals surface area contributed by atoms with E-state index in [4.69, 9.17) is 5.73 Å². The number of aromatic nitrogens is 2. The Bertz CT molecular complexity index is 1030. The van der Waals surface area contributed by atoms with E-state index in [1.807, 2.05) is 0 Å². The summed E-state index contributed by atoms with van der Waals surface area (Å²) in [6, 6.07) is 12.6. The molecular weight excluding hydrogens is 345 g/mol. The van der Waals surface area contributed by atoms with E-state index in [9.17, 15) is 18.8 Å². The molecular formula is C16H11BF2N4OS. The smallest absolute Gasteiger partial charge is 0.364 e. The van der Waals surface area contributed by atoms with Crippen molar-refractivity contribution >= 4 is 41.9 Å². The Morgan fingerprint density at radius 1 is 1.28 bits per heavy atom. The number of primary amides is 1. The lowest BCUT2D eigenvalue weighted by Crippen LogP contribution is -2.32. The summed E-state index contributed by atoms with van der Waals surface area (Å²) in [6.45, 7) is 0. The largest absolute Gasteiger partial charge is 0.377 e. The summed E-state index contributed by atoms with van der Waals surface area (Å²) < 4.78 is 29.0. The number of benzene rings is 2. The molecule has 9 heteroatoms. The Kier molecular flexibility index (Phi) is 4.23. The van der Waals surface area contributed by atoms with Crippen LogP contribution in [0.2, 0.25) is 0 Å². The number of imidazole rings is 1. The number of carbonyl (C=O) groups is 1. The molecule has 0 atom stereocenters. The first-order chi connectivity index (χ1) is 11.8. The lowest BCUT2D eigenvalue weighted by atomic mass is 10.0. The molecule has 0 aliphatic rings. The van der Waals surface area contributed by atoms with Crippen molar-refractivity contribution in [2.45, 2.75) is 10.4 Å². The van der Waals surface area contributed by atoms with Gasteiger partial charge in [-0.15, -0.1) is 0 Å². The average molecular weight is 356 g/mol. The van der Waals surface area contributed by atoms with Crippen LogP contribution in [0.4, 0.5) is 8.78 Å². The highest BCUT2D eigenvalue weighted by atomic mass is 32.2. The summed E-state index contributed by atoms with van der Waals surface area (Å²) >= 11 is -0.00624. The molecule has 0 fully saturated rings. The number of fused-ring (bicyclic) bond motifs is 1. The van der Waals surface area contributed by atoms with Gasteiger partial charge in [0.2, 0.25) is 0 Å². The maximum absolute atomic E-state index is 13.8. The summed E-state index contributed by atoms with van der Waals surface area (Å²) in [6.07, 6.45) is 1.44. The Balaban J connectivity index is 2.22. The monoisotopic (exact) mass is 356 g/mol. The number of halogens is 2. The molecule has 0 aliphatic carbocycles.